The second kappa shape index (κ2) is 3.60. The van der Waals surface area contributed by atoms with Crippen LogP contribution in [0.1, 0.15) is 35.8 Å². The van der Waals surface area contributed by atoms with Crippen LogP contribution in [0.25, 0.3) is 0 Å². The van der Waals surface area contributed by atoms with Gasteiger partial charge in [0.25, 0.3) is 5.56 Å². The molecule has 0 aliphatic heterocycles. The summed E-state index contributed by atoms with van der Waals surface area (Å²) in [5, 5.41) is 0. The topological polar surface area (TPSA) is 45.8 Å². The fraction of sp³-hybridized carbons (Fsp3) is 0.600. The van der Waals surface area contributed by atoms with Gasteiger partial charge in [-0.1, -0.05) is 6.32 Å². The highest BCUT2D eigenvalue weighted by molar-refractivity contribution is 6.09. The Labute approximate surface area is 84.4 Å². The number of nitrogens with one attached hydrogen (secondary N) is 1. The molecule has 2 radical (unpaired) electrons. The van der Waals surface area contributed by atoms with E-state index in [1.54, 1.807) is 0 Å². The van der Waals surface area contributed by atoms with Crippen molar-refractivity contribution in [1.29, 1.82) is 0 Å². The fourth-order valence-corrected chi connectivity index (χ4v) is 2.10. The minimum absolute atomic E-state index is 0.0191. The Balaban J connectivity index is 2.56. The molecule has 0 saturated heterocycles. The third kappa shape index (κ3) is 1.49. The van der Waals surface area contributed by atoms with Gasteiger partial charge in [-0.05, 0) is 32.1 Å². The Morgan fingerprint density at radius 1 is 1.64 bits per heavy atom. The van der Waals surface area contributed by atoms with E-state index in [-0.39, 0.29) is 11.5 Å². The van der Waals surface area contributed by atoms with Crippen molar-refractivity contribution in [3.63, 3.8) is 0 Å². The average molecular weight is 188 g/mol. The first-order valence-corrected chi connectivity index (χ1v) is 5.02. The van der Waals surface area contributed by atoms with E-state index >= 15 is 0 Å². The van der Waals surface area contributed by atoms with Crippen LogP contribution in [0, 0.1) is 6.92 Å². The summed E-state index contributed by atoms with van der Waals surface area (Å²) in [6.07, 6.45) is 3.53. The summed E-state index contributed by atoms with van der Waals surface area (Å²) in [4.78, 5) is 18.7. The smallest absolute Gasteiger partial charge is 0.254 e. The summed E-state index contributed by atoms with van der Waals surface area (Å²) in [6.45, 7) is 1.81. The van der Waals surface area contributed by atoms with Gasteiger partial charge in [0.2, 0.25) is 0 Å². The standard InChI is InChI=1S/C10H13BN2O/c1-6-12-9-7(5-11)3-2-4-8(9)10(14)13-6/h7H,2-5H2,1H3,(H,12,13,14). The van der Waals surface area contributed by atoms with Crippen LogP contribution in [0.3, 0.4) is 0 Å². The number of nitrogens with zero attached hydrogens (tertiary/aromatic N) is 1. The molecule has 1 atom stereocenters. The molecule has 0 amide bonds. The second-order valence-corrected chi connectivity index (χ2v) is 3.84. The Hall–Kier alpha value is -1.06. The maximum Gasteiger partial charge on any atom is 0.254 e. The molecule has 1 unspecified atom stereocenters. The number of H-pyrrole nitrogens is 1. The van der Waals surface area contributed by atoms with Gasteiger partial charge >= 0.3 is 0 Å². The number of hydrogen-bond donors (Lipinski definition) is 1. The van der Waals surface area contributed by atoms with Gasteiger partial charge in [-0.2, -0.15) is 0 Å². The van der Waals surface area contributed by atoms with E-state index in [9.17, 15) is 4.79 Å². The van der Waals surface area contributed by atoms with Gasteiger partial charge in [0.15, 0.2) is 0 Å². The first-order valence-electron chi connectivity index (χ1n) is 5.02. The molecular formula is C10H13BN2O. The number of fused-ring (bicyclic) bond motifs is 1. The van der Waals surface area contributed by atoms with Crippen molar-refractivity contribution in [3.8, 4) is 0 Å². The Kier molecular flexibility index (Phi) is 2.44. The van der Waals surface area contributed by atoms with E-state index in [1.165, 1.54) is 0 Å². The summed E-state index contributed by atoms with van der Waals surface area (Å²) in [5.41, 5.74) is 1.79. The molecular weight excluding hydrogens is 175 g/mol. The van der Waals surface area contributed by atoms with Crippen LogP contribution < -0.4 is 5.56 Å². The van der Waals surface area contributed by atoms with Crippen LogP contribution in [0.2, 0.25) is 6.32 Å². The molecule has 1 aromatic rings. The lowest BCUT2D eigenvalue weighted by Crippen LogP contribution is -2.24. The zero-order valence-corrected chi connectivity index (χ0v) is 8.34. The van der Waals surface area contributed by atoms with E-state index in [2.05, 4.69) is 9.97 Å². The van der Waals surface area contributed by atoms with Gasteiger partial charge in [0, 0.05) is 5.56 Å². The van der Waals surface area contributed by atoms with Gasteiger partial charge < -0.3 is 4.98 Å². The maximum atomic E-state index is 11.6. The molecule has 3 nitrogen and oxygen atoms in total. The van der Waals surface area contributed by atoms with E-state index in [0.717, 1.165) is 30.5 Å². The molecule has 0 saturated carbocycles. The molecule has 0 fully saturated rings. The van der Waals surface area contributed by atoms with E-state index in [0.29, 0.717) is 12.1 Å². The highest BCUT2D eigenvalue weighted by Gasteiger charge is 2.22. The minimum Gasteiger partial charge on any atom is -0.311 e. The molecule has 0 aromatic carbocycles. The predicted octanol–water partition coefficient (Wildman–Crippen LogP) is 1.09. The third-order valence-electron chi connectivity index (χ3n) is 2.82. The summed E-state index contributed by atoms with van der Waals surface area (Å²) in [7, 11) is 5.67. The van der Waals surface area contributed by atoms with Crippen molar-refractivity contribution in [2.24, 2.45) is 0 Å². The van der Waals surface area contributed by atoms with Crippen LogP contribution in [0.15, 0.2) is 4.79 Å². The lowest BCUT2D eigenvalue weighted by molar-refractivity contribution is 0.563. The largest absolute Gasteiger partial charge is 0.311 e. The first kappa shape index (κ1) is 9.50. The molecule has 0 bridgehead atoms. The normalized spacial score (nSPS) is 20.5. The molecule has 1 aliphatic carbocycles. The van der Waals surface area contributed by atoms with Crippen molar-refractivity contribution in [2.45, 2.75) is 38.4 Å². The van der Waals surface area contributed by atoms with Crippen LogP contribution in [0.5, 0.6) is 0 Å². The number of hydrogen-bond acceptors (Lipinski definition) is 2. The third-order valence-corrected chi connectivity index (χ3v) is 2.82. The summed E-state index contributed by atoms with van der Waals surface area (Å²) >= 11 is 0. The molecule has 4 heteroatoms. The molecule has 0 spiro atoms. The van der Waals surface area contributed by atoms with Gasteiger partial charge in [0.05, 0.1) is 13.5 Å². The van der Waals surface area contributed by atoms with Crippen molar-refractivity contribution in [2.75, 3.05) is 0 Å². The van der Waals surface area contributed by atoms with Gasteiger partial charge in [0.1, 0.15) is 5.82 Å². The zero-order valence-electron chi connectivity index (χ0n) is 8.34. The monoisotopic (exact) mass is 188 g/mol. The number of aryl methyl sites for hydroxylation is 1. The SMILES string of the molecule is [B]CC1CCCc2c1nc(C)[nH]c2=O. The van der Waals surface area contributed by atoms with Crippen molar-refractivity contribution in [3.05, 3.63) is 27.4 Å². The van der Waals surface area contributed by atoms with Crippen LogP contribution in [-0.4, -0.2) is 17.8 Å². The highest BCUT2D eigenvalue weighted by atomic mass is 16.1. The van der Waals surface area contributed by atoms with Gasteiger partial charge in [-0.3, -0.25) is 4.79 Å². The molecule has 1 heterocycles. The Bertz CT molecular complexity index is 400. The average Bonchev–Trinajstić information content (AvgIpc) is 2.17. The molecule has 72 valence electrons. The number of aromatic nitrogens is 2. The van der Waals surface area contributed by atoms with Crippen molar-refractivity contribution < 1.29 is 0 Å². The van der Waals surface area contributed by atoms with Crippen molar-refractivity contribution in [1.82, 2.24) is 9.97 Å². The molecule has 1 aromatic heterocycles. The summed E-state index contributed by atoms with van der Waals surface area (Å²) < 4.78 is 0. The fourth-order valence-electron chi connectivity index (χ4n) is 2.10. The molecule has 14 heavy (non-hydrogen) atoms. The van der Waals surface area contributed by atoms with Gasteiger partial charge in [-0.25, -0.2) is 4.98 Å². The highest BCUT2D eigenvalue weighted by Crippen LogP contribution is 2.30. The second-order valence-electron chi connectivity index (χ2n) is 3.84. The summed E-state index contributed by atoms with van der Waals surface area (Å²) in [6, 6.07) is 0. The summed E-state index contributed by atoms with van der Waals surface area (Å²) in [5.74, 6) is 0.967. The molecule has 2 rings (SSSR count). The minimum atomic E-state index is 0.0191. The zero-order chi connectivity index (χ0) is 10.1. The Morgan fingerprint density at radius 3 is 3.14 bits per heavy atom. The number of rotatable bonds is 1. The van der Waals surface area contributed by atoms with E-state index in [1.807, 2.05) is 6.92 Å². The molecule has 1 N–H and O–H groups in total. The predicted molar refractivity (Wildman–Crippen MR) is 55.8 cm³/mol. The van der Waals surface area contributed by atoms with Gasteiger partial charge in [-0.15, -0.1) is 0 Å². The molecule has 1 aliphatic rings. The van der Waals surface area contributed by atoms with E-state index < -0.39 is 0 Å². The lowest BCUT2D eigenvalue weighted by Gasteiger charge is -2.22. The Morgan fingerprint density at radius 2 is 2.43 bits per heavy atom. The van der Waals surface area contributed by atoms with Crippen molar-refractivity contribution >= 4 is 7.85 Å². The van der Waals surface area contributed by atoms with Crippen LogP contribution in [0.4, 0.5) is 0 Å². The quantitative estimate of drug-likeness (QED) is 0.670. The van der Waals surface area contributed by atoms with Crippen LogP contribution in [-0.2, 0) is 6.42 Å². The first-order chi connectivity index (χ1) is 6.72. The lowest BCUT2D eigenvalue weighted by atomic mass is 9.79. The maximum absolute atomic E-state index is 11.6. The van der Waals surface area contributed by atoms with E-state index in [4.69, 9.17) is 7.85 Å². The van der Waals surface area contributed by atoms with Crippen LogP contribution >= 0.6 is 0 Å². The number of aromatic amines is 1.